The van der Waals surface area contributed by atoms with Crippen LogP contribution in [0.2, 0.25) is 6.04 Å². The van der Waals surface area contributed by atoms with E-state index in [1.54, 1.807) is 6.92 Å². The van der Waals surface area contributed by atoms with Gasteiger partial charge in [-0.3, -0.25) is 0 Å². The first-order valence-electron chi connectivity index (χ1n) is 7.15. The lowest BCUT2D eigenvalue weighted by molar-refractivity contribution is -0.179. The Hall–Kier alpha value is -0.653. The molecule has 1 N–H and O–H groups in total. The molecule has 0 bridgehead atoms. The molecule has 0 aliphatic heterocycles. The molecule has 115 valence electrons. The van der Waals surface area contributed by atoms with Crippen LogP contribution in [-0.2, 0) is 14.3 Å². The van der Waals surface area contributed by atoms with Crippen molar-refractivity contribution < 1.29 is 19.4 Å². The minimum atomic E-state index is -0.873. The molecule has 0 aliphatic carbocycles. The van der Waals surface area contributed by atoms with E-state index in [1.165, 1.54) is 0 Å². The summed E-state index contributed by atoms with van der Waals surface area (Å²) in [4.78, 5) is 11.2. The van der Waals surface area contributed by atoms with Crippen LogP contribution in [0.15, 0.2) is 11.1 Å². The summed E-state index contributed by atoms with van der Waals surface area (Å²) < 4.78 is 11.5. The first-order valence-corrected chi connectivity index (χ1v) is 7.86. The smallest absolute Gasteiger partial charge is 0.331 e. The van der Waals surface area contributed by atoms with Gasteiger partial charge in [-0.1, -0.05) is 18.0 Å². The van der Waals surface area contributed by atoms with Crippen LogP contribution in [0.3, 0.4) is 0 Å². The highest BCUT2D eigenvalue weighted by Gasteiger charge is 2.19. The normalized spacial score (nSPS) is 13.2. The fourth-order valence-electron chi connectivity index (χ4n) is 1.83. The minimum Gasteiger partial charge on any atom is -0.478 e. The van der Waals surface area contributed by atoms with Gasteiger partial charge in [-0.2, -0.15) is 0 Å². The van der Waals surface area contributed by atoms with Crippen LogP contribution in [0.1, 0.15) is 53.9 Å². The Morgan fingerprint density at radius 1 is 1.15 bits per heavy atom. The van der Waals surface area contributed by atoms with Gasteiger partial charge in [0.15, 0.2) is 6.29 Å². The molecule has 0 rings (SSSR count). The summed E-state index contributed by atoms with van der Waals surface area (Å²) in [6.07, 6.45) is 1.82. The maximum Gasteiger partial charge on any atom is 0.331 e. The van der Waals surface area contributed by atoms with E-state index in [2.05, 4.69) is 10.2 Å². The lowest BCUT2D eigenvalue weighted by Crippen LogP contribution is -2.25. The number of carbonyl (C=O) groups is 1. The van der Waals surface area contributed by atoms with Crippen molar-refractivity contribution in [3.8, 4) is 0 Å². The Bertz CT molecular complexity index is 314. The van der Waals surface area contributed by atoms with Gasteiger partial charge in [-0.25, -0.2) is 4.79 Å². The molecule has 0 fully saturated rings. The predicted octanol–water partition coefficient (Wildman–Crippen LogP) is 3.32. The number of carboxylic acids is 1. The van der Waals surface area contributed by atoms with Crippen LogP contribution in [0.5, 0.6) is 0 Å². The molecule has 4 nitrogen and oxygen atoms in total. The van der Waals surface area contributed by atoms with Crippen molar-refractivity contribution in [2.75, 3.05) is 0 Å². The Kier molecular flexibility index (Phi) is 9.80. The van der Waals surface area contributed by atoms with Gasteiger partial charge in [0, 0.05) is 22.2 Å². The highest BCUT2D eigenvalue weighted by molar-refractivity contribution is 6.08. The number of aliphatic carboxylic acids is 1. The molecule has 0 saturated carbocycles. The standard InChI is InChI=1S/C15H27O4Si/c1-10(2)18-14(19-11(3)4)9-13(7-6-8-20)12(5)15(16)17/h10-11,14H,6-9H2,1-5H3,(H,16,17). The van der Waals surface area contributed by atoms with Crippen molar-refractivity contribution in [3.63, 3.8) is 0 Å². The second-order valence-electron chi connectivity index (χ2n) is 5.39. The van der Waals surface area contributed by atoms with E-state index in [4.69, 9.17) is 9.47 Å². The Morgan fingerprint density at radius 2 is 1.65 bits per heavy atom. The topological polar surface area (TPSA) is 55.8 Å². The average molecular weight is 299 g/mol. The fourth-order valence-corrected chi connectivity index (χ4v) is 2.01. The van der Waals surface area contributed by atoms with Crippen LogP contribution in [-0.4, -0.2) is 39.8 Å². The number of rotatable bonds is 10. The second-order valence-corrected chi connectivity index (χ2v) is 5.89. The van der Waals surface area contributed by atoms with Crippen LogP contribution < -0.4 is 0 Å². The van der Waals surface area contributed by atoms with Crippen molar-refractivity contribution in [1.29, 1.82) is 0 Å². The first kappa shape index (κ1) is 19.3. The summed E-state index contributed by atoms with van der Waals surface area (Å²) >= 11 is 0. The average Bonchev–Trinajstić information content (AvgIpc) is 2.31. The van der Waals surface area contributed by atoms with Gasteiger partial charge in [0.2, 0.25) is 0 Å². The van der Waals surface area contributed by atoms with Crippen LogP contribution in [0.25, 0.3) is 0 Å². The van der Waals surface area contributed by atoms with E-state index in [9.17, 15) is 9.90 Å². The van der Waals surface area contributed by atoms with Crippen molar-refractivity contribution in [2.24, 2.45) is 0 Å². The Morgan fingerprint density at radius 3 is 2.00 bits per heavy atom. The summed E-state index contributed by atoms with van der Waals surface area (Å²) in [6.45, 7) is 9.43. The zero-order valence-corrected chi connectivity index (χ0v) is 14.2. The first-order chi connectivity index (χ1) is 9.27. The van der Waals surface area contributed by atoms with Gasteiger partial charge in [0.25, 0.3) is 0 Å². The highest BCUT2D eigenvalue weighted by atomic mass is 28.1. The van der Waals surface area contributed by atoms with E-state index >= 15 is 0 Å². The maximum absolute atomic E-state index is 11.2. The van der Waals surface area contributed by atoms with Gasteiger partial charge in [-0.15, -0.1) is 0 Å². The fraction of sp³-hybridized carbons (Fsp3) is 0.800. The highest BCUT2D eigenvalue weighted by Crippen LogP contribution is 2.22. The van der Waals surface area contributed by atoms with E-state index < -0.39 is 12.3 Å². The van der Waals surface area contributed by atoms with Crippen LogP contribution in [0.4, 0.5) is 0 Å². The molecule has 0 heterocycles. The summed E-state index contributed by atoms with van der Waals surface area (Å²) in [5.74, 6) is -0.873. The monoisotopic (exact) mass is 299 g/mol. The zero-order chi connectivity index (χ0) is 15.7. The molecule has 0 atom stereocenters. The van der Waals surface area contributed by atoms with Gasteiger partial charge in [0.1, 0.15) is 0 Å². The summed E-state index contributed by atoms with van der Waals surface area (Å²) in [5.41, 5.74) is 1.29. The minimum absolute atomic E-state index is 0.0425. The molecule has 0 aromatic heterocycles. The van der Waals surface area contributed by atoms with Crippen LogP contribution in [0, 0.1) is 0 Å². The van der Waals surface area contributed by atoms with Crippen LogP contribution >= 0.6 is 0 Å². The SMILES string of the molecule is CC(C(=O)O)=C(CCC[Si])CC(OC(C)C)OC(C)C. The van der Waals surface area contributed by atoms with Crippen molar-refractivity contribution >= 4 is 16.2 Å². The largest absolute Gasteiger partial charge is 0.478 e. The van der Waals surface area contributed by atoms with Crippen molar-refractivity contribution in [1.82, 2.24) is 0 Å². The molecule has 0 spiro atoms. The van der Waals surface area contributed by atoms with Gasteiger partial charge in [0.05, 0.1) is 12.2 Å². The lowest BCUT2D eigenvalue weighted by atomic mass is 10.0. The molecular weight excluding hydrogens is 272 g/mol. The van der Waals surface area contributed by atoms with Gasteiger partial charge < -0.3 is 14.6 Å². The molecule has 0 saturated heterocycles. The summed E-state index contributed by atoms with van der Waals surface area (Å²) in [5, 5.41) is 9.18. The van der Waals surface area contributed by atoms with E-state index in [0.717, 1.165) is 24.5 Å². The predicted molar refractivity (Wildman–Crippen MR) is 81.0 cm³/mol. The molecule has 5 heteroatoms. The summed E-state index contributed by atoms with van der Waals surface area (Å²) in [7, 11) is 3.43. The molecule has 0 aromatic carbocycles. The number of ether oxygens (including phenoxy) is 2. The third kappa shape index (κ3) is 8.50. The molecule has 20 heavy (non-hydrogen) atoms. The maximum atomic E-state index is 11.2. The van der Waals surface area contributed by atoms with E-state index in [-0.39, 0.29) is 12.2 Å². The molecular formula is C15H27O4Si. The molecule has 0 amide bonds. The molecule has 0 aromatic rings. The molecule has 3 radical (unpaired) electrons. The van der Waals surface area contributed by atoms with Crippen molar-refractivity contribution in [3.05, 3.63) is 11.1 Å². The number of hydrogen-bond donors (Lipinski definition) is 1. The van der Waals surface area contributed by atoms with E-state index in [0.29, 0.717) is 12.0 Å². The lowest BCUT2D eigenvalue weighted by Gasteiger charge is -2.24. The quantitative estimate of drug-likeness (QED) is 0.382. The van der Waals surface area contributed by atoms with E-state index in [1.807, 2.05) is 27.7 Å². The summed E-state index contributed by atoms with van der Waals surface area (Å²) in [6, 6.07) is 0.844. The van der Waals surface area contributed by atoms with Gasteiger partial charge >= 0.3 is 5.97 Å². The van der Waals surface area contributed by atoms with Gasteiger partial charge in [-0.05, 0) is 41.0 Å². The third-order valence-corrected chi connectivity index (χ3v) is 3.12. The second kappa shape index (κ2) is 10.1. The Labute approximate surface area is 126 Å². The molecule has 0 unspecified atom stereocenters. The van der Waals surface area contributed by atoms with Crippen molar-refractivity contribution in [2.45, 2.75) is 78.4 Å². The number of carboxylic acid groups (broad SMARTS) is 1. The zero-order valence-electron chi connectivity index (χ0n) is 13.2. The Balaban J connectivity index is 4.95. The molecule has 0 aliphatic rings. The third-order valence-electron chi connectivity index (χ3n) is 2.77. The number of hydrogen-bond acceptors (Lipinski definition) is 3.